The third-order valence-corrected chi connectivity index (χ3v) is 2.60. The first-order valence-electron chi connectivity index (χ1n) is 4.62. The number of carbonyl (C=O) groups excluding carboxylic acids is 1. The van der Waals surface area contributed by atoms with E-state index in [4.69, 9.17) is 5.73 Å². The van der Waals surface area contributed by atoms with Crippen LogP contribution in [0, 0.1) is 0 Å². The lowest BCUT2D eigenvalue weighted by atomic mass is 9.87. The summed E-state index contributed by atoms with van der Waals surface area (Å²) in [7, 11) is 1.57. The smallest absolute Gasteiger partial charge is 0.273 e. The summed E-state index contributed by atoms with van der Waals surface area (Å²) in [6, 6.07) is 0.357. The highest BCUT2D eigenvalue weighted by atomic mass is 16.1. The van der Waals surface area contributed by atoms with E-state index < -0.39 is 0 Å². The minimum absolute atomic E-state index is 0.147. The molecular weight excluding hydrogens is 182 g/mol. The van der Waals surface area contributed by atoms with Gasteiger partial charge in [0.25, 0.3) is 5.91 Å². The largest absolute Gasteiger partial charge is 0.354 e. The topological polar surface area (TPSA) is 85.8 Å². The van der Waals surface area contributed by atoms with Gasteiger partial charge in [-0.2, -0.15) is 0 Å². The number of hydrogen-bond donors (Lipinski definition) is 2. The quantitative estimate of drug-likeness (QED) is 0.653. The number of aromatic nitrogens is 3. The highest BCUT2D eigenvalue weighted by molar-refractivity contribution is 5.91. The third-order valence-electron chi connectivity index (χ3n) is 2.60. The second-order valence-electron chi connectivity index (χ2n) is 3.47. The van der Waals surface area contributed by atoms with Crippen LogP contribution in [0.1, 0.15) is 29.4 Å². The standard InChI is InChI=1S/C8H13N5O/c1-10-8(14)6-4-13(12-11-6)7-3-2-5(7)9/h4-5,7H,2-3,9H2,1H3,(H,10,14). The molecular formula is C8H13N5O. The average molecular weight is 195 g/mol. The molecule has 2 unspecified atom stereocenters. The van der Waals surface area contributed by atoms with Crippen LogP contribution < -0.4 is 11.1 Å². The summed E-state index contributed by atoms with van der Waals surface area (Å²) < 4.78 is 1.68. The van der Waals surface area contributed by atoms with Crippen molar-refractivity contribution in [1.29, 1.82) is 0 Å². The molecule has 3 N–H and O–H groups in total. The molecule has 1 aliphatic rings. The summed E-state index contributed by atoms with van der Waals surface area (Å²) in [6.07, 6.45) is 3.67. The summed E-state index contributed by atoms with van der Waals surface area (Å²) >= 11 is 0. The predicted molar refractivity (Wildman–Crippen MR) is 49.7 cm³/mol. The predicted octanol–water partition coefficient (Wildman–Crippen LogP) is -0.700. The fourth-order valence-corrected chi connectivity index (χ4v) is 1.51. The Labute approximate surface area is 81.5 Å². The fourth-order valence-electron chi connectivity index (χ4n) is 1.51. The molecule has 0 bridgehead atoms. The average Bonchev–Trinajstić information content (AvgIpc) is 2.63. The van der Waals surface area contributed by atoms with Gasteiger partial charge >= 0.3 is 0 Å². The van der Waals surface area contributed by atoms with Crippen LogP contribution in [0.25, 0.3) is 0 Å². The van der Waals surface area contributed by atoms with Crippen LogP contribution >= 0.6 is 0 Å². The monoisotopic (exact) mass is 195 g/mol. The van der Waals surface area contributed by atoms with Crippen LogP contribution in [0.15, 0.2) is 6.20 Å². The number of rotatable bonds is 2. The van der Waals surface area contributed by atoms with Gasteiger partial charge in [0.1, 0.15) is 0 Å². The van der Waals surface area contributed by atoms with Crippen molar-refractivity contribution in [3.8, 4) is 0 Å². The Morgan fingerprint density at radius 1 is 1.71 bits per heavy atom. The zero-order valence-electron chi connectivity index (χ0n) is 7.97. The first kappa shape index (κ1) is 9.14. The summed E-state index contributed by atoms with van der Waals surface area (Å²) in [5, 5.41) is 10.1. The van der Waals surface area contributed by atoms with E-state index in [1.807, 2.05) is 0 Å². The molecule has 1 heterocycles. The summed E-state index contributed by atoms with van der Waals surface area (Å²) in [6.45, 7) is 0. The number of hydrogen-bond acceptors (Lipinski definition) is 4. The van der Waals surface area contributed by atoms with Gasteiger partial charge in [0.15, 0.2) is 5.69 Å². The van der Waals surface area contributed by atoms with E-state index in [1.165, 1.54) is 0 Å². The molecule has 14 heavy (non-hydrogen) atoms. The molecule has 1 aromatic heterocycles. The van der Waals surface area contributed by atoms with Crippen molar-refractivity contribution in [3.05, 3.63) is 11.9 Å². The minimum atomic E-state index is -0.218. The lowest BCUT2D eigenvalue weighted by Gasteiger charge is -2.32. The van der Waals surface area contributed by atoms with Gasteiger partial charge in [-0.3, -0.25) is 4.79 Å². The third kappa shape index (κ3) is 1.37. The van der Waals surface area contributed by atoms with Crippen LogP contribution in [-0.2, 0) is 0 Å². The fraction of sp³-hybridized carbons (Fsp3) is 0.625. The zero-order valence-corrected chi connectivity index (χ0v) is 7.97. The van der Waals surface area contributed by atoms with Gasteiger partial charge in [0, 0.05) is 13.1 Å². The molecule has 1 aromatic rings. The highest BCUT2D eigenvalue weighted by Crippen LogP contribution is 2.29. The van der Waals surface area contributed by atoms with E-state index in [9.17, 15) is 4.79 Å². The second kappa shape index (κ2) is 3.38. The Morgan fingerprint density at radius 2 is 2.50 bits per heavy atom. The van der Waals surface area contributed by atoms with E-state index >= 15 is 0 Å². The van der Waals surface area contributed by atoms with Crippen molar-refractivity contribution in [2.75, 3.05) is 7.05 Å². The lowest BCUT2D eigenvalue weighted by Crippen LogP contribution is -2.41. The Balaban J connectivity index is 2.13. The van der Waals surface area contributed by atoms with E-state index in [2.05, 4.69) is 15.6 Å². The Morgan fingerprint density at radius 3 is 3.00 bits per heavy atom. The molecule has 0 radical (unpaired) electrons. The van der Waals surface area contributed by atoms with E-state index in [1.54, 1.807) is 17.9 Å². The molecule has 0 spiro atoms. The maximum Gasteiger partial charge on any atom is 0.273 e. The van der Waals surface area contributed by atoms with Crippen molar-refractivity contribution in [3.63, 3.8) is 0 Å². The van der Waals surface area contributed by atoms with Gasteiger partial charge < -0.3 is 11.1 Å². The van der Waals surface area contributed by atoms with E-state index in [0.29, 0.717) is 5.69 Å². The molecule has 76 valence electrons. The Bertz CT molecular complexity index is 347. The van der Waals surface area contributed by atoms with Crippen molar-refractivity contribution in [2.24, 2.45) is 5.73 Å². The van der Waals surface area contributed by atoms with Crippen LogP contribution in [0.4, 0.5) is 0 Å². The summed E-state index contributed by atoms with van der Waals surface area (Å²) in [5.74, 6) is -0.218. The van der Waals surface area contributed by atoms with Crippen molar-refractivity contribution in [1.82, 2.24) is 20.3 Å². The second-order valence-corrected chi connectivity index (χ2v) is 3.47. The maximum absolute atomic E-state index is 11.2. The number of nitrogens with one attached hydrogen (secondary N) is 1. The number of carbonyl (C=O) groups is 1. The van der Waals surface area contributed by atoms with Crippen LogP contribution in [-0.4, -0.2) is 34.0 Å². The van der Waals surface area contributed by atoms with Gasteiger partial charge in [0.2, 0.25) is 0 Å². The summed E-state index contributed by atoms with van der Waals surface area (Å²) in [4.78, 5) is 11.2. The van der Waals surface area contributed by atoms with Gasteiger partial charge in [-0.1, -0.05) is 5.21 Å². The van der Waals surface area contributed by atoms with Crippen molar-refractivity contribution in [2.45, 2.75) is 24.9 Å². The Kier molecular flexibility index (Phi) is 2.20. The van der Waals surface area contributed by atoms with Crippen LogP contribution in [0.3, 0.4) is 0 Å². The van der Waals surface area contributed by atoms with Gasteiger partial charge in [-0.25, -0.2) is 4.68 Å². The van der Waals surface area contributed by atoms with Crippen LogP contribution in [0.5, 0.6) is 0 Å². The molecule has 1 aliphatic carbocycles. The molecule has 2 atom stereocenters. The van der Waals surface area contributed by atoms with Gasteiger partial charge in [-0.15, -0.1) is 5.10 Å². The van der Waals surface area contributed by atoms with Crippen LogP contribution in [0.2, 0.25) is 0 Å². The number of nitrogens with zero attached hydrogens (tertiary/aromatic N) is 3. The molecule has 6 heteroatoms. The van der Waals surface area contributed by atoms with E-state index in [-0.39, 0.29) is 18.0 Å². The molecule has 1 fully saturated rings. The molecule has 1 amide bonds. The molecule has 6 nitrogen and oxygen atoms in total. The molecule has 2 rings (SSSR count). The lowest BCUT2D eigenvalue weighted by molar-refractivity contribution is 0.0958. The Hall–Kier alpha value is -1.43. The SMILES string of the molecule is CNC(=O)c1cn(C2CCC2N)nn1. The normalized spacial score (nSPS) is 25.6. The maximum atomic E-state index is 11.2. The summed E-state index contributed by atoms with van der Waals surface area (Å²) in [5.41, 5.74) is 6.12. The van der Waals surface area contributed by atoms with Gasteiger partial charge in [-0.05, 0) is 12.8 Å². The van der Waals surface area contributed by atoms with Crippen molar-refractivity contribution < 1.29 is 4.79 Å². The van der Waals surface area contributed by atoms with Crippen molar-refractivity contribution >= 4 is 5.91 Å². The zero-order chi connectivity index (χ0) is 10.1. The minimum Gasteiger partial charge on any atom is -0.354 e. The molecule has 1 saturated carbocycles. The molecule has 0 aliphatic heterocycles. The number of amides is 1. The number of nitrogens with two attached hydrogens (primary N) is 1. The molecule has 0 aromatic carbocycles. The van der Waals surface area contributed by atoms with E-state index in [0.717, 1.165) is 12.8 Å². The molecule has 0 saturated heterocycles. The highest BCUT2D eigenvalue weighted by Gasteiger charge is 2.30. The van der Waals surface area contributed by atoms with Gasteiger partial charge in [0.05, 0.1) is 12.2 Å². The first-order valence-corrected chi connectivity index (χ1v) is 4.62. The first-order chi connectivity index (χ1) is 6.72.